The molecule has 94 valence electrons. The Labute approximate surface area is 101 Å². The first-order valence-corrected chi connectivity index (χ1v) is 6.46. The largest absolute Gasteiger partial charge is 0.367 e. The number of nitrogens with two attached hydrogens (primary N) is 1. The van der Waals surface area contributed by atoms with Gasteiger partial charge in [-0.15, -0.1) is 0 Å². The molecule has 1 heterocycles. The Balaban J connectivity index is 1.88. The Kier molecular flexibility index (Phi) is 2.48. The summed E-state index contributed by atoms with van der Waals surface area (Å²) in [4.78, 5) is 4.49. The summed E-state index contributed by atoms with van der Waals surface area (Å²) in [7, 11) is 0. The van der Waals surface area contributed by atoms with Crippen molar-refractivity contribution in [3.8, 4) is 0 Å². The number of aromatic nitrogens is 2. The second-order valence-corrected chi connectivity index (χ2v) is 5.21. The molecular weight excluding hydrogens is 218 g/mol. The second-order valence-electron chi connectivity index (χ2n) is 5.21. The van der Waals surface area contributed by atoms with Gasteiger partial charge in [0.25, 0.3) is 0 Å². The maximum atomic E-state index is 6.06. The molecule has 17 heavy (non-hydrogen) atoms. The monoisotopic (exact) mass is 237 g/mol. The summed E-state index contributed by atoms with van der Waals surface area (Å²) in [5.74, 6) is 1.28. The lowest BCUT2D eigenvalue weighted by atomic mass is 10.0. The van der Waals surface area contributed by atoms with Gasteiger partial charge in [-0.2, -0.15) is 4.98 Å². The standard InChI is InChI=1S/C12H19N3O2/c1-2-16-12(5-3-4-6-12)9-14-10(17-15-9)11(13)7-8-11/h2-8,13H2,1H3. The first-order valence-electron chi connectivity index (χ1n) is 6.46. The van der Waals surface area contributed by atoms with E-state index >= 15 is 0 Å². The van der Waals surface area contributed by atoms with Crippen molar-refractivity contribution in [2.45, 2.75) is 56.6 Å². The second kappa shape index (κ2) is 3.78. The van der Waals surface area contributed by atoms with Crippen molar-refractivity contribution in [2.75, 3.05) is 6.61 Å². The predicted octanol–water partition coefficient (Wildman–Crippen LogP) is 1.82. The fourth-order valence-electron chi connectivity index (χ4n) is 2.61. The molecule has 5 nitrogen and oxygen atoms in total. The molecular formula is C12H19N3O2. The smallest absolute Gasteiger partial charge is 0.246 e. The van der Waals surface area contributed by atoms with Crippen molar-refractivity contribution in [3.05, 3.63) is 11.7 Å². The zero-order chi connectivity index (χ0) is 11.9. The van der Waals surface area contributed by atoms with Crippen molar-refractivity contribution in [1.29, 1.82) is 0 Å². The summed E-state index contributed by atoms with van der Waals surface area (Å²) in [6, 6.07) is 0. The molecule has 0 aliphatic heterocycles. The molecule has 0 saturated heterocycles. The molecule has 2 aliphatic carbocycles. The average Bonchev–Trinajstić information content (AvgIpc) is 2.79. The van der Waals surface area contributed by atoms with Crippen molar-refractivity contribution in [1.82, 2.24) is 10.1 Å². The van der Waals surface area contributed by atoms with E-state index in [1.54, 1.807) is 0 Å². The molecule has 0 unspecified atom stereocenters. The highest BCUT2D eigenvalue weighted by atomic mass is 16.5. The summed E-state index contributed by atoms with van der Waals surface area (Å²) in [5, 5.41) is 4.10. The predicted molar refractivity (Wildman–Crippen MR) is 61.2 cm³/mol. The third-order valence-corrected chi connectivity index (χ3v) is 3.88. The zero-order valence-electron chi connectivity index (χ0n) is 10.2. The van der Waals surface area contributed by atoms with Gasteiger partial charge in [0.1, 0.15) is 5.60 Å². The van der Waals surface area contributed by atoms with E-state index in [0.717, 1.165) is 38.5 Å². The van der Waals surface area contributed by atoms with Crippen molar-refractivity contribution >= 4 is 0 Å². The minimum Gasteiger partial charge on any atom is -0.367 e. The topological polar surface area (TPSA) is 74.2 Å². The van der Waals surface area contributed by atoms with Crippen LogP contribution in [0.2, 0.25) is 0 Å². The lowest BCUT2D eigenvalue weighted by Gasteiger charge is -2.24. The molecule has 2 saturated carbocycles. The number of hydrogen-bond acceptors (Lipinski definition) is 5. The maximum Gasteiger partial charge on any atom is 0.246 e. The molecule has 0 bridgehead atoms. The summed E-state index contributed by atoms with van der Waals surface area (Å²) < 4.78 is 11.2. The Bertz CT molecular complexity index is 406. The third kappa shape index (κ3) is 1.77. The van der Waals surface area contributed by atoms with Gasteiger partial charge in [0.05, 0.1) is 5.54 Å². The van der Waals surface area contributed by atoms with Crippen LogP contribution in [-0.2, 0) is 15.9 Å². The lowest BCUT2D eigenvalue weighted by molar-refractivity contribution is -0.0469. The molecule has 2 fully saturated rings. The Morgan fingerprint density at radius 1 is 1.29 bits per heavy atom. The van der Waals surface area contributed by atoms with Crippen LogP contribution in [0.1, 0.15) is 57.2 Å². The van der Waals surface area contributed by atoms with Crippen LogP contribution in [-0.4, -0.2) is 16.7 Å². The van der Waals surface area contributed by atoms with Gasteiger partial charge in [-0.3, -0.25) is 0 Å². The Hall–Kier alpha value is -0.940. The minimum atomic E-state index is -0.350. The molecule has 0 aromatic carbocycles. The summed E-state index contributed by atoms with van der Waals surface area (Å²) in [5.41, 5.74) is 5.39. The minimum absolute atomic E-state index is 0.318. The van der Waals surface area contributed by atoms with Gasteiger partial charge >= 0.3 is 0 Å². The molecule has 5 heteroatoms. The zero-order valence-corrected chi connectivity index (χ0v) is 10.2. The fourth-order valence-corrected chi connectivity index (χ4v) is 2.61. The van der Waals surface area contributed by atoms with Crippen LogP contribution < -0.4 is 5.73 Å². The fraction of sp³-hybridized carbons (Fsp3) is 0.833. The van der Waals surface area contributed by atoms with Gasteiger partial charge in [0.15, 0.2) is 0 Å². The van der Waals surface area contributed by atoms with E-state index in [1.165, 1.54) is 0 Å². The van der Waals surface area contributed by atoms with Crippen LogP contribution in [0, 0.1) is 0 Å². The van der Waals surface area contributed by atoms with E-state index in [0.29, 0.717) is 18.3 Å². The third-order valence-electron chi connectivity index (χ3n) is 3.88. The molecule has 0 spiro atoms. The van der Waals surface area contributed by atoms with Crippen LogP contribution >= 0.6 is 0 Å². The van der Waals surface area contributed by atoms with E-state index < -0.39 is 0 Å². The highest BCUT2D eigenvalue weighted by Crippen LogP contribution is 2.44. The van der Waals surface area contributed by atoms with E-state index in [4.69, 9.17) is 15.0 Å². The summed E-state index contributed by atoms with van der Waals surface area (Å²) in [6.45, 7) is 2.68. The Morgan fingerprint density at radius 2 is 2.00 bits per heavy atom. The van der Waals surface area contributed by atoms with Crippen molar-refractivity contribution in [2.24, 2.45) is 5.73 Å². The number of nitrogens with zero attached hydrogens (tertiary/aromatic N) is 2. The quantitative estimate of drug-likeness (QED) is 0.864. The van der Waals surface area contributed by atoms with Crippen LogP contribution in [0.15, 0.2) is 4.52 Å². The van der Waals surface area contributed by atoms with Gasteiger partial charge in [-0.05, 0) is 45.4 Å². The van der Waals surface area contributed by atoms with E-state index in [2.05, 4.69) is 10.1 Å². The van der Waals surface area contributed by atoms with Crippen LogP contribution in [0.4, 0.5) is 0 Å². The van der Waals surface area contributed by atoms with Gasteiger partial charge in [0, 0.05) is 6.61 Å². The van der Waals surface area contributed by atoms with Crippen LogP contribution in [0.25, 0.3) is 0 Å². The lowest BCUT2D eigenvalue weighted by Crippen LogP contribution is -2.28. The van der Waals surface area contributed by atoms with Gasteiger partial charge in [0.2, 0.25) is 11.7 Å². The summed E-state index contributed by atoms with van der Waals surface area (Å²) in [6.07, 6.45) is 6.18. The highest BCUT2D eigenvalue weighted by Gasteiger charge is 2.48. The van der Waals surface area contributed by atoms with Crippen LogP contribution in [0.3, 0.4) is 0 Å². The molecule has 0 radical (unpaired) electrons. The van der Waals surface area contributed by atoms with E-state index in [9.17, 15) is 0 Å². The molecule has 0 amide bonds. The highest BCUT2D eigenvalue weighted by molar-refractivity contribution is 5.14. The Morgan fingerprint density at radius 3 is 2.59 bits per heavy atom. The summed E-state index contributed by atoms with van der Waals surface area (Å²) >= 11 is 0. The van der Waals surface area contributed by atoms with E-state index in [1.807, 2.05) is 6.92 Å². The van der Waals surface area contributed by atoms with E-state index in [-0.39, 0.29) is 11.1 Å². The van der Waals surface area contributed by atoms with Gasteiger partial charge < -0.3 is 15.0 Å². The molecule has 1 aromatic heterocycles. The van der Waals surface area contributed by atoms with Gasteiger partial charge in [-0.25, -0.2) is 0 Å². The molecule has 2 aliphatic rings. The molecule has 0 atom stereocenters. The van der Waals surface area contributed by atoms with Gasteiger partial charge in [-0.1, -0.05) is 5.16 Å². The number of rotatable bonds is 4. The molecule has 3 rings (SSSR count). The van der Waals surface area contributed by atoms with Crippen molar-refractivity contribution < 1.29 is 9.26 Å². The van der Waals surface area contributed by atoms with Crippen LogP contribution in [0.5, 0.6) is 0 Å². The normalized spacial score (nSPS) is 25.1. The number of hydrogen-bond donors (Lipinski definition) is 1. The van der Waals surface area contributed by atoms with Crippen molar-refractivity contribution in [3.63, 3.8) is 0 Å². The average molecular weight is 237 g/mol. The SMILES string of the molecule is CCOC1(c2noc(C3(N)CC3)n2)CCCC1. The first kappa shape index (κ1) is 11.2. The first-order chi connectivity index (χ1) is 8.19. The maximum absolute atomic E-state index is 6.06. The molecule has 1 aromatic rings. The number of ether oxygens (including phenoxy) is 1. The molecule has 2 N–H and O–H groups in total.